The van der Waals surface area contributed by atoms with E-state index in [4.69, 9.17) is 5.84 Å². The fraction of sp³-hybridized carbons (Fsp3) is 0.667. The summed E-state index contributed by atoms with van der Waals surface area (Å²) in [6.45, 7) is 11.1. The molecule has 2 nitrogen and oxygen atoms in total. The number of benzene rings is 1. The molecule has 0 aliphatic carbocycles. The van der Waals surface area contributed by atoms with Crippen molar-refractivity contribution in [2.24, 2.45) is 11.8 Å². The Morgan fingerprint density at radius 1 is 1.10 bits per heavy atom. The maximum Gasteiger partial charge on any atom is 0.0467 e. The Morgan fingerprint density at radius 3 is 2.15 bits per heavy atom. The van der Waals surface area contributed by atoms with Crippen molar-refractivity contribution in [3.63, 3.8) is 0 Å². The summed E-state index contributed by atoms with van der Waals surface area (Å²) in [5.74, 6) is 6.62. The summed E-state index contributed by atoms with van der Waals surface area (Å²) in [6.07, 6.45) is 6.29. The first kappa shape index (κ1) is 17.2. The predicted octanol–water partition coefficient (Wildman–Crippen LogP) is 4.72. The number of hydrogen-bond acceptors (Lipinski definition) is 2. The summed E-state index contributed by atoms with van der Waals surface area (Å²) >= 11 is 0. The standard InChI is InChI=1S/C18H32N2/c1-6-8-9-16(7-2)12-17(20-19)18-14(4)10-13(3)11-15(18)5/h10-11,16-17,20H,6-9,12,19H2,1-5H3. The molecule has 0 amide bonds. The molecule has 1 aromatic carbocycles. The molecule has 1 rings (SSSR count). The predicted molar refractivity (Wildman–Crippen MR) is 88.6 cm³/mol. The Bertz CT molecular complexity index is 389. The van der Waals surface area contributed by atoms with E-state index in [2.05, 4.69) is 52.2 Å². The van der Waals surface area contributed by atoms with Gasteiger partial charge in [0.2, 0.25) is 0 Å². The summed E-state index contributed by atoms with van der Waals surface area (Å²) in [7, 11) is 0. The Kier molecular flexibility index (Phi) is 7.25. The van der Waals surface area contributed by atoms with Crippen LogP contribution in [0.25, 0.3) is 0 Å². The van der Waals surface area contributed by atoms with Crippen molar-refractivity contribution < 1.29 is 0 Å². The van der Waals surface area contributed by atoms with Crippen LogP contribution in [0.4, 0.5) is 0 Å². The number of rotatable bonds is 8. The lowest BCUT2D eigenvalue weighted by Gasteiger charge is -2.25. The van der Waals surface area contributed by atoms with Crippen LogP contribution >= 0.6 is 0 Å². The Labute approximate surface area is 125 Å². The normalized spacial score (nSPS) is 14.3. The monoisotopic (exact) mass is 276 g/mol. The largest absolute Gasteiger partial charge is 0.271 e. The third-order valence-corrected chi connectivity index (χ3v) is 4.40. The summed E-state index contributed by atoms with van der Waals surface area (Å²) in [6, 6.07) is 4.80. The van der Waals surface area contributed by atoms with Crippen molar-refractivity contribution in [1.29, 1.82) is 0 Å². The highest BCUT2D eigenvalue weighted by Crippen LogP contribution is 2.30. The van der Waals surface area contributed by atoms with Gasteiger partial charge >= 0.3 is 0 Å². The molecule has 2 atom stereocenters. The van der Waals surface area contributed by atoms with E-state index < -0.39 is 0 Å². The average Bonchev–Trinajstić information content (AvgIpc) is 2.40. The van der Waals surface area contributed by atoms with Gasteiger partial charge in [0, 0.05) is 6.04 Å². The molecule has 0 aliphatic rings. The van der Waals surface area contributed by atoms with Gasteiger partial charge in [0.05, 0.1) is 0 Å². The second-order valence-electron chi connectivity index (χ2n) is 6.18. The van der Waals surface area contributed by atoms with Gasteiger partial charge in [-0.25, -0.2) is 0 Å². The molecular formula is C18H32N2. The van der Waals surface area contributed by atoms with E-state index in [-0.39, 0.29) is 6.04 Å². The highest BCUT2D eigenvalue weighted by molar-refractivity contribution is 5.39. The number of nitrogens with one attached hydrogen (secondary N) is 1. The molecule has 114 valence electrons. The lowest BCUT2D eigenvalue weighted by atomic mass is 9.86. The smallest absolute Gasteiger partial charge is 0.0467 e. The van der Waals surface area contributed by atoms with E-state index >= 15 is 0 Å². The van der Waals surface area contributed by atoms with E-state index in [0.717, 1.165) is 12.3 Å². The zero-order valence-corrected chi connectivity index (χ0v) is 13.9. The molecule has 0 aliphatic heterocycles. The minimum Gasteiger partial charge on any atom is -0.271 e. The number of hydrazine groups is 1. The van der Waals surface area contributed by atoms with Crippen LogP contribution in [0.15, 0.2) is 12.1 Å². The average molecular weight is 276 g/mol. The summed E-state index contributed by atoms with van der Waals surface area (Å²) in [5.41, 5.74) is 8.50. The van der Waals surface area contributed by atoms with Gasteiger partial charge in [-0.3, -0.25) is 11.3 Å². The van der Waals surface area contributed by atoms with E-state index in [9.17, 15) is 0 Å². The van der Waals surface area contributed by atoms with E-state index in [1.54, 1.807) is 0 Å². The van der Waals surface area contributed by atoms with Crippen molar-refractivity contribution in [2.45, 2.75) is 72.8 Å². The summed E-state index contributed by atoms with van der Waals surface area (Å²) < 4.78 is 0. The van der Waals surface area contributed by atoms with Gasteiger partial charge in [-0.05, 0) is 49.8 Å². The molecule has 0 bridgehead atoms. The molecule has 3 N–H and O–H groups in total. The molecule has 1 aromatic rings. The van der Waals surface area contributed by atoms with Gasteiger partial charge in [-0.2, -0.15) is 0 Å². The van der Waals surface area contributed by atoms with Gasteiger partial charge in [0.15, 0.2) is 0 Å². The van der Waals surface area contributed by atoms with E-state index in [1.165, 1.54) is 47.9 Å². The third-order valence-electron chi connectivity index (χ3n) is 4.40. The van der Waals surface area contributed by atoms with Crippen LogP contribution in [0.1, 0.15) is 74.2 Å². The fourth-order valence-corrected chi connectivity index (χ4v) is 3.32. The molecular weight excluding hydrogens is 244 g/mol. The highest BCUT2D eigenvalue weighted by Gasteiger charge is 2.19. The Balaban J connectivity index is 2.90. The lowest BCUT2D eigenvalue weighted by Crippen LogP contribution is -2.31. The molecule has 0 spiro atoms. The van der Waals surface area contributed by atoms with Gasteiger partial charge in [-0.15, -0.1) is 0 Å². The van der Waals surface area contributed by atoms with Crippen molar-refractivity contribution in [3.8, 4) is 0 Å². The zero-order valence-electron chi connectivity index (χ0n) is 13.9. The van der Waals surface area contributed by atoms with Crippen LogP contribution in [0.2, 0.25) is 0 Å². The molecule has 0 heterocycles. The van der Waals surface area contributed by atoms with Gasteiger partial charge < -0.3 is 0 Å². The van der Waals surface area contributed by atoms with Crippen molar-refractivity contribution >= 4 is 0 Å². The van der Waals surface area contributed by atoms with E-state index in [1.807, 2.05) is 0 Å². The van der Waals surface area contributed by atoms with Crippen LogP contribution in [0.5, 0.6) is 0 Å². The number of nitrogens with two attached hydrogens (primary N) is 1. The van der Waals surface area contributed by atoms with Crippen LogP contribution < -0.4 is 11.3 Å². The van der Waals surface area contributed by atoms with Crippen molar-refractivity contribution in [3.05, 3.63) is 34.4 Å². The zero-order chi connectivity index (χ0) is 15.1. The van der Waals surface area contributed by atoms with E-state index in [0.29, 0.717) is 0 Å². The molecule has 20 heavy (non-hydrogen) atoms. The third kappa shape index (κ3) is 4.60. The van der Waals surface area contributed by atoms with Crippen LogP contribution in [-0.4, -0.2) is 0 Å². The van der Waals surface area contributed by atoms with Gasteiger partial charge in [0.1, 0.15) is 0 Å². The molecule has 0 saturated carbocycles. The lowest BCUT2D eigenvalue weighted by molar-refractivity contribution is 0.355. The Morgan fingerprint density at radius 2 is 1.70 bits per heavy atom. The van der Waals surface area contributed by atoms with Crippen molar-refractivity contribution in [2.75, 3.05) is 0 Å². The van der Waals surface area contributed by atoms with Crippen LogP contribution in [0.3, 0.4) is 0 Å². The first-order valence-electron chi connectivity index (χ1n) is 8.07. The summed E-state index contributed by atoms with van der Waals surface area (Å²) in [5, 5.41) is 0. The minimum atomic E-state index is 0.275. The van der Waals surface area contributed by atoms with Gasteiger partial charge in [0.25, 0.3) is 0 Å². The number of aryl methyl sites for hydroxylation is 3. The van der Waals surface area contributed by atoms with Gasteiger partial charge in [-0.1, -0.05) is 57.2 Å². The maximum absolute atomic E-state index is 5.86. The molecule has 0 saturated heterocycles. The molecule has 2 heteroatoms. The molecule has 0 fully saturated rings. The first-order chi connectivity index (χ1) is 9.53. The number of unbranched alkanes of at least 4 members (excludes halogenated alkanes) is 1. The summed E-state index contributed by atoms with van der Waals surface area (Å²) in [4.78, 5) is 0. The number of hydrogen-bond donors (Lipinski definition) is 2. The molecule has 0 aromatic heterocycles. The first-order valence-corrected chi connectivity index (χ1v) is 8.07. The molecule has 0 radical (unpaired) electrons. The van der Waals surface area contributed by atoms with Crippen molar-refractivity contribution in [1.82, 2.24) is 5.43 Å². The quantitative estimate of drug-likeness (QED) is 0.532. The topological polar surface area (TPSA) is 38.0 Å². The maximum atomic E-state index is 5.86. The Hall–Kier alpha value is -0.860. The second kappa shape index (κ2) is 8.43. The SMILES string of the molecule is CCCCC(CC)CC(NN)c1c(C)cc(C)cc1C. The molecule has 2 unspecified atom stereocenters. The fourth-order valence-electron chi connectivity index (χ4n) is 3.32. The van der Waals surface area contributed by atoms with Crippen LogP contribution in [0, 0.1) is 26.7 Å². The van der Waals surface area contributed by atoms with Crippen LogP contribution in [-0.2, 0) is 0 Å². The minimum absolute atomic E-state index is 0.275. The highest BCUT2D eigenvalue weighted by atomic mass is 15.2. The second-order valence-corrected chi connectivity index (χ2v) is 6.18.